The molecule has 0 amide bonds. The van der Waals surface area contributed by atoms with E-state index in [4.69, 9.17) is 11.6 Å². The zero-order valence-corrected chi connectivity index (χ0v) is 12.7. The first kappa shape index (κ1) is 13.6. The van der Waals surface area contributed by atoms with Crippen LogP contribution in [0.25, 0.3) is 0 Å². The van der Waals surface area contributed by atoms with Crippen LogP contribution < -0.4 is 5.32 Å². The highest BCUT2D eigenvalue weighted by atomic mass is 79.9. The van der Waals surface area contributed by atoms with E-state index in [-0.39, 0.29) is 0 Å². The van der Waals surface area contributed by atoms with Crippen LogP contribution in [0.2, 0.25) is 5.02 Å². The Kier molecular flexibility index (Phi) is 4.43. The highest BCUT2D eigenvalue weighted by Gasteiger charge is 2.04. The van der Waals surface area contributed by atoms with Gasteiger partial charge in [0, 0.05) is 40.9 Å². The Morgan fingerprint density at radius 2 is 2.06 bits per heavy atom. The molecule has 0 unspecified atom stereocenters. The van der Waals surface area contributed by atoms with Crippen molar-refractivity contribution in [1.29, 1.82) is 0 Å². The fraction of sp³-hybridized carbons (Fsp3) is 0.308. The number of nitrogens with zero attached hydrogens (tertiary/aromatic N) is 2. The van der Waals surface area contributed by atoms with Crippen molar-refractivity contribution in [1.82, 2.24) is 15.1 Å². The summed E-state index contributed by atoms with van der Waals surface area (Å²) in [6.07, 6.45) is 1.90. The molecule has 96 valence electrons. The Balaban J connectivity index is 1.96. The molecule has 0 fully saturated rings. The maximum absolute atomic E-state index is 5.98. The number of rotatable bonds is 4. The minimum Gasteiger partial charge on any atom is -0.308 e. The average Bonchev–Trinajstić information content (AvgIpc) is 2.65. The Labute approximate surface area is 120 Å². The number of hydrogen-bond donors (Lipinski definition) is 1. The van der Waals surface area contributed by atoms with Gasteiger partial charge in [-0.3, -0.25) is 4.68 Å². The van der Waals surface area contributed by atoms with E-state index < -0.39 is 0 Å². The number of hydrogen-bond acceptors (Lipinski definition) is 2. The van der Waals surface area contributed by atoms with E-state index in [2.05, 4.69) is 33.3 Å². The molecule has 0 atom stereocenters. The third-order valence-electron chi connectivity index (χ3n) is 2.98. The maximum Gasteiger partial charge on any atom is 0.0537 e. The highest BCUT2D eigenvalue weighted by Crippen LogP contribution is 2.21. The molecule has 0 aliphatic carbocycles. The summed E-state index contributed by atoms with van der Waals surface area (Å²) in [5.41, 5.74) is 3.56. The van der Waals surface area contributed by atoms with Crippen LogP contribution in [0.4, 0.5) is 0 Å². The number of aromatic nitrogens is 2. The Morgan fingerprint density at radius 3 is 2.72 bits per heavy atom. The standard InChI is InChI=1S/C13H15BrClN3/c1-9-11(8-17-18(9)2)7-16-6-10-5-12(15)3-4-13(10)14/h3-5,8,16H,6-7H2,1-2H3. The fourth-order valence-corrected chi connectivity index (χ4v) is 2.31. The maximum atomic E-state index is 5.98. The SMILES string of the molecule is Cc1c(CNCc2cc(Cl)ccc2Br)cnn1C. The van der Waals surface area contributed by atoms with Crippen LogP contribution in [0.5, 0.6) is 0 Å². The summed E-state index contributed by atoms with van der Waals surface area (Å²) < 4.78 is 2.95. The topological polar surface area (TPSA) is 29.9 Å². The summed E-state index contributed by atoms with van der Waals surface area (Å²) in [5, 5.41) is 8.37. The minimum absolute atomic E-state index is 0.757. The second-order valence-electron chi connectivity index (χ2n) is 4.22. The van der Waals surface area contributed by atoms with Gasteiger partial charge in [-0.1, -0.05) is 27.5 Å². The van der Waals surface area contributed by atoms with Crippen LogP contribution in [0.3, 0.4) is 0 Å². The van der Waals surface area contributed by atoms with Gasteiger partial charge in [-0.05, 0) is 30.7 Å². The molecule has 1 aromatic heterocycles. The second kappa shape index (κ2) is 5.87. The molecule has 2 rings (SSSR count). The van der Waals surface area contributed by atoms with E-state index in [9.17, 15) is 0 Å². The van der Waals surface area contributed by atoms with Crippen molar-refractivity contribution in [3.05, 3.63) is 50.7 Å². The van der Waals surface area contributed by atoms with Crippen LogP contribution in [0.1, 0.15) is 16.8 Å². The zero-order chi connectivity index (χ0) is 13.1. The van der Waals surface area contributed by atoms with Gasteiger partial charge in [-0.15, -0.1) is 0 Å². The summed E-state index contributed by atoms with van der Waals surface area (Å²) in [4.78, 5) is 0. The lowest BCUT2D eigenvalue weighted by atomic mass is 10.2. The molecule has 0 saturated heterocycles. The molecule has 0 bridgehead atoms. The predicted molar refractivity (Wildman–Crippen MR) is 77.6 cm³/mol. The largest absolute Gasteiger partial charge is 0.308 e. The normalized spacial score (nSPS) is 10.9. The lowest BCUT2D eigenvalue weighted by Crippen LogP contribution is -2.13. The van der Waals surface area contributed by atoms with Gasteiger partial charge < -0.3 is 5.32 Å². The van der Waals surface area contributed by atoms with Gasteiger partial charge in [-0.25, -0.2) is 0 Å². The first-order chi connectivity index (χ1) is 8.58. The van der Waals surface area contributed by atoms with Crippen LogP contribution in [-0.4, -0.2) is 9.78 Å². The quantitative estimate of drug-likeness (QED) is 0.932. The first-order valence-electron chi connectivity index (χ1n) is 5.70. The minimum atomic E-state index is 0.757. The molecule has 18 heavy (non-hydrogen) atoms. The molecule has 1 heterocycles. The van der Waals surface area contributed by atoms with Crippen molar-refractivity contribution in [2.45, 2.75) is 20.0 Å². The van der Waals surface area contributed by atoms with E-state index in [1.165, 1.54) is 11.3 Å². The van der Waals surface area contributed by atoms with E-state index in [1.807, 2.05) is 36.1 Å². The molecular weight excluding hydrogens is 314 g/mol. The van der Waals surface area contributed by atoms with Gasteiger partial charge in [-0.2, -0.15) is 5.10 Å². The van der Waals surface area contributed by atoms with Crippen LogP contribution in [0, 0.1) is 6.92 Å². The van der Waals surface area contributed by atoms with Crippen molar-refractivity contribution in [3.63, 3.8) is 0 Å². The van der Waals surface area contributed by atoms with Gasteiger partial charge in [0.05, 0.1) is 6.20 Å². The van der Waals surface area contributed by atoms with Gasteiger partial charge in [0.25, 0.3) is 0 Å². The van der Waals surface area contributed by atoms with Crippen LogP contribution in [-0.2, 0) is 20.1 Å². The molecule has 1 N–H and O–H groups in total. The van der Waals surface area contributed by atoms with Gasteiger partial charge in [0.1, 0.15) is 0 Å². The smallest absolute Gasteiger partial charge is 0.0537 e. The third-order valence-corrected chi connectivity index (χ3v) is 3.98. The van der Waals surface area contributed by atoms with Crippen molar-refractivity contribution in [3.8, 4) is 0 Å². The molecule has 5 heteroatoms. The lowest BCUT2D eigenvalue weighted by molar-refractivity contribution is 0.683. The summed E-state index contributed by atoms with van der Waals surface area (Å²) in [5.74, 6) is 0. The summed E-state index contributed by atoms with van der Waals surface area (Å²) in [6.45, 7) is 3.65. The summed E-state index contributed by atoms with van der Waals surface area (Å²) in [7, 11) is 1.95. The van der Waals surface area contributed by atoms with Crippen molar-refractivity contribution in [2.75, 3.05) is 0 Å². The Hall–Kier alpha value is -0.840. The molecule has 0 saturated carbocycles. The molecule has 1 aromatic carbocycles. The van der Waals surface area contributed by atoms with E-state index in [1.54, 1.807) is 0 Å². The van der Waals surface area contributed by atoms with Crippen LogP contribution in [0.15, 0.2) is 28.9 Å². The van der Waals surface area contributed by atoms with E-state index >= 15 is 0 Å². The third kappa shape index (κ3) is 3.13. The first-order valence-corrected chi connectivity index (χ1v) is 6.87. The van der Waals surface area contributed by atoms with Crippen molar-refractivity contribution in [2.24, 2.45) is 7.05 Å². The Bertz CT molecular complexity index is 551. The fourth-order valence-electron chi connectivity index (χ4n) is 1.73. The monoisotopic (exact) mass is 327 g/mol. The molecule has 3 nitrogen and oxygen atoms in total. The van der Waals surface area contributed by atoms with E-state index in [0.29, 0.717) is 0 Å². The molecule has 0 aliphatic heterocycles. The second-order valence-corrected chi connectivity index (χ2v) is 5.51. The van der Waals surface area contributed by atoms with Gasteiger partial charge >= 0.3 is 0 Å². The number of halogens is 2. The number of aryl methyl sites for hydroxylation is 1. The van der Waals surface area contributed by atoms with Crippen LogP contribution >= 0.6 is 27.5 Å². The Morgan fingerprint density at radius 1 is 1.33 bits per heavy atom. The molecule has 0 aliphatic rings. The number of benzene rings is 1. The highest BCUT2D eigenvalue weighted by molar-refractivity contribution is 9.10. The molecule has 0 radical (unpaired) electrons. The molecular formula is C13H15BrClN3. The van der Waals surface area contributed by atoms with Crippen molar-refractivity contribution >= 4 is 27.5 Å². The lowest BCUT2D eigenvalue weighted by Gasteiger charge is -2.07. The summed E-state index contributed by atoms with van der Waals surface area (Å²) in [6, 6.07) is 5.81. The molecule has 0 spiro atoms. The van der Waals surface area contributed by atoms with E-state index in [0.717, 1.165) is 28.1 Å². The van der Waals surface area contributed by atoms with Crippen molar-refractivity contribution < 1.29 is 0 Å². The summed E-state index contributed by atoms with van der Waals surface area (Å²) >= 11 is 9.50. The molecule has 2 aromatic rings. The zero-order valence-electron chi connectivity index (χ0n) is 10.4. The predicted octanol–water partition coefficient (Wildman–Crippen LogP) is 3.43. The van der Waals surface area contributed by atoms with Gasteiger partial charge in [0.2, 0.25) is 0 Å². The van der Waals surface area contributed by atoms with Gasteiger partial charge in [0.15, 0.2) is 0 Å². The number of nitrogens with one attached hydrogen (secondary N) is 1. The average molecular weight is 329 g/mol.